The number of hydrogen-bond acceptors (Lipinski definition) is 3. The second-order valence-corrected chi connectivity index (χ2v) is 5.72. The molecule has 0 saturated heterocycles. The fourth-order valence-corrected chi connectivity index (χ4v) is 3.25. The Bertz CT molecular complexity index is 650. The summed E-state index contributed by atoms with van der Waals surface area (Å²) in [6.07, 6.45) is 5.07. The molecule has 5 heteroatoms. The van der Waals surface area contributed by atoms with Crippen molar-refractivity contribution < 1.29 is 4.79 Å². The van der Waals surface area contributed by atoms with E-state index in [0.29, 0.717) is 0 Å². The third-order valence-electron chi connectivity index (χ3n) is 4.35. The Hall–Kier alpha value is -2.14. The number of nitrogens with one attached hydrogen (secondary N) is 1. The Balaban J connectivity index is 1.86. The number of carbonyl (C=O) groups excluding carboxylic acids is 1. The van der Waals surface area contributed by atoms with E-state index in [1.165, 1.54) is 11.3 Å². The maximum Gasteiger partial charge on any atom is 0.239 e. The highest BCUT2D eigenvalue weighted by Crippen LogP contribution is 2.31. The number of aryl methyl sites for hydroxylation is 1. The van der Waals surface area contributed by atoms with Crippen molar-refractivity contribution in [2.45, 2.75) is 44.8 Å². The number of nitrogens with zero attached hydrogens (tertiary/aromatic N) is 2. The van der Waals surface area contributed by atoms with E-state index in [1.54, 1.807) is 0 Å². The highest BCUT2D eigenvalue weighted by molar-refractivity contribution is 5.81. The molecule has 1 aromatic carbocycles. The van der Waals surface area contributed by atoms with E-state index in [-0.39, 0.29) is 11.9 Å². The minimum atomic E-state index is -0.470. The first-order chi connectivity index (χ1) is 10.7. The van der Waals surface area contributed by atoms with Crippen molar-refractivity contribution in [3.05, 3.63) is 53.3 Å². The molecule has 1 aliphatic carbocycles. The molecular formula is C17H22N4O. The SMILES string of the molecule is CCn1ncc2c1CCC[C@H]2N[C@@H](C(N)=O)c1ccccc1. The highest BCUT2D eigenvalue weighted by Gasteiger charge is 2.28. The largest absolute Gasteiger partial charge is 0.368 e. The van der Waals surface area contributed by atoms with Crippen LogP contribution in [0, 0.1) is 0 Å². The maximum absolute atomic E-state index is 11.9. The third-order valence-corrected chi connectivity index (χ3v) is 4.35. The van der Waals surface area contributed by atoms with E-state index in [9.17, 15) is 4.79 Å². The van der Waals surface area contributed by atoms with Crippen molar-refractivity contribution in [2.75, 3.05) is 0 Å². The fraction of sp³-hybridized carbons (Fsp3) is 0.412. The first-order valence-electron chi connectivity index (χ1n) is 7.85. The molecule has 0 bridgehead atoms. The summed E-state index contributed by atoms with van der Waals surface area (Å²) in [6, 6.07) is 9.31. The zero-order valence-electron chi connectivity index (χ0n) is 12.8. The molecule has 22 heavy (non-hydrogen) atoms. The number of rotatable bonds is 5. The van der Waals surface area contributed by atoms with Crippen LogP contribution in [-0.2, 0) is 17.8 Å². The smallest absolute Gasteiger partial charge is 0.239 e. The molecule has 0 spiro atoms. The van der Waals surface area contributed by atoms with Crippen LogP contribution in [0.2, 0.25) is 0 Å². The molecule has 0 unspecified atom stereocenters. The maximum atomic E-state index is 11.9. The van der Waals surface area contributed by atoms with E-state index in [1.807, 2.05) is 41.2 Å². The van der Waals surface area contributed by atoms with Crippen LogP contribution in [0.1, 0.15) is 48.7 Å². The monoisotopic (exact) mass is 298 g/mol. The van der Waals surface area contributed by atoms with Crippen molar-refractivity contribution in [2.24, 2.45) is 5.73 Å². The van der Waals surface area contributed by atoms with Crippen molar-refractivity contribution in [3.63, 3.8) is 0 Å². The molecule has 1 heterocycles. The highest BCUT2D eigenvalue weighted by atomic mass is 16.1. The Morgan fingerprint density at radius 3 is 2.91 bits per heavy atom. The first-order valence-corrected chi connectivity index (χ1v) is 7.85. The minimum Gasteiger partial charge on any atom is -0.368 e. The lowest BCUT2D eigenvalue weighted by Gasteiger charge is -2.28. The molecule has 2 atom stereocenters. The molecule has 116 valence electrons. The summed E-state index contributed by atoms with van der Waals surface area (Å²) >= 11 is 0. The number of hydrogen-bond donors (Lipinski definition) is 2. The average molecular weight is 298 g/mol. The van der Waals surface area contributed by atoms with Gasteiger partial charge in [0.15, 0.2) is 0 Å². The van der Waals surface area contributed by atoms with E-state index < -0.39 is 6.04 Å². The molecule has 2 aromatic rings. The molecule has 5 nitrogen and oxygen atoms in total. The van der Waals surface area contributed by atoms with Gasteiger partial charge in [-0.15, -0.1) is 0 Å². The molecule has 3 rings (SSSR count). The van der Waals surface area contributed by atoms with Crippen LogP contribution in [0.5, 0.6) is 0 Å². The summed E-state index contributed by atoms with van der Waals surface area (Å²) in [5.41, 5.74) is 9.01. The van der Waals surface area contributed by atoms with Crippen molar-refractivity contribution in [3.8, 4) is 0 Å². The molecule has 0 aliphatic heterocycles. The number of carbonyl (C=O) groups is 1. The Morgan fingerprint density at radius 1 is 1.45 bits per heavy atom. The van der Waals surface area contributed by atoms with Crippen LogP contribution in [0.25, 0.3) is 0 Å². The Labute approximate surface area is 130 Å². The molecule has 1 amide bonds. The molecule has 0 saturated carbocycles. The Morgan fingerprint density at radius 2 is 2.23 bits per heavy atom. The van der Waals surface area contributed by atoms with Crippen molar-refractivity contribution in [1.82, 2.24) is 15.1 Å². The van der Waals surface area contributed by atoms with E-state index in [0.717, 1.165) is 31.4 Å². The van der Waals surface area contributed by atoms with Gasteiger partial charge in [0.2, 0.25) is 5.91 Å². The zero-order valence-corrected chi connectivity index (χ0v) is 12.8. The fourth-order valence-electron chi connectivity index (χ4n) is 3.25. The van der Waals surface area contributed by atoms with Crippen molar-refractivity contribution >= 4 is 5.91 Å². The van der Waals surface area contributed by atoms with Gasteiger partial charge in [0.25, 0.3) is 0 Å². The molecule has 1 aromatic heterocycles. The normalized spacial score (nSPS) is 18.7. The predicted octanol–water partition coefficient (Wildman–Crippen LogP) is 2.10. The quantitative estimate of drug-likeness (QED) is 0.888. The lowest BCUT2D eigenvalue weighted by Crippen LogP contribution is -2.37. The van der Waals surface area contributed by atoms with Gasteiger partial charge in [-0.2, -0.15) is 5.10 Å². The van der Waals surface area contributed by atoms with Crippen LogP contribution in [0.3, 0.4) is 0 Å². The van der Waals surface area contributed by atoms with Gasteiger partial charge in [0, 0.05) is 23.8 Å². The second kappa shape index (κ2) is 6.32. The molecular weight excluding hydrogens is 276 g/mol. The lowest BCUT2D eigenvalue weighted by atomic mass is 9.91. The van der Waals surface area contributed by atoms with Gasteiger partial charge in [-0.1, -0.05) is 30.3 Å². The summed E-state index contributed by atoms with van der Waals surface area (Å²) in [4.78, 5) is 11.9. The molecule has 0 fully saturated rings. The van der Waals surface area contributed by atoms with Crippen molar-refractivity contribution in [1.29, 1.82) is 0 Å². The summed E-state index contributed by atoms with van der Waals surface area (Å²) in [5, 5.41) is 7.89. The summed E-state index contributed by atoms with van der Waals surface area (Å²) in [5.74, 6) is -0.346. The summed E-state index contributed by atoms with van der Waals surface area (Å²) in [6.45, 7) is 2.97. The number of primary amides is 1. The predicted molar refractivity (Wildman–Crippen MR) is 85.1 cm³/mol. The van der Waals surface area contributed by atoms with Gasteiger partial charge in [-0.3, -0.25) is 14.8 Å². The molecule has 0 radical (unpaired) electrons. The first kappa shape index (κ1) is 14.8. The van der Waals surface area contributed by atoms with E-state index >= 15 is 0 Å². The number of benzene rings is 1. The van der Waals surface area contributed by atoms with Gasteiger partial charge in [-0.05, 0) is 31.7 Å². The van der Waals surface area contributed by atoms with Gasteiger partial charge in [-0.25, -0.2) is 0 Å². The number of amides is 1. The van der Waals surface area contributed by atoms with Crippen LogP contribution < -0.4 is 11.1 Å². The standard InChI is InChI=1S/C17H22N4O/c1-2-21-15-10-6-9-14(13(15)11-19-21)20-16(17(18)22)12-7-4-3-5-8-12/h3-5,7-8,11,14,16,20H,2,6,9-10H2,1H3,(H2,18,22)/t14-,16-/m1/s1. The van der Waals surface area contributed by atoms with Crippen LogP contribution in [0.4, 0.5) is 0 Å². The second-order valence-electron chi connectivity index (χ2n) is 5.72. The van der Waals surface area contributed by atoms with Gasteiger partial charge >= 0.3 is 0 Å². The van der Waals surface area contributed by atoms with E-state index in [2.05, 4.69) is 17.3 Å². The average Bonchev–Trinajstić information content (AvgIpc) is 2.97. The van der Waals surface area contributed by atoms with Crippen LogP contribution >= 0.6 is 0 Å². The molecule has 3 N–H and O–H groups in total. The number of aromatic nitrogens is 2. The minimum absolute atomic E-state index is 0.127. The number of fused-ring (bicyclic) bond motifs is 1. The van der Waals surface area contributed by atoms with Gasteiger partial charge in [0.1, 0.15) is 6.04 Å². The summed E-state index contributed by atoms with van der Waals surface area (Å²) < 4.78 is 2.05. The topological polar surface area (TPSA) is 72.9 Å². The van der Waals surface area contributed by atoms with Crippen LogP contribution in [0.15, 0.2) is 36.5 Å². The lowest BCUT2D eigenvalue weighted by molar-refractivity contribution is -0.120. The van der Waals surface area contributed by atoms with Gasteiger partial charge < -0.3 is 5.73 Å². The number of nitrogens with two attached hydrogens (primary N) is 1. The van der Waals surface area contributed by atoms with E-state index in [4.69, 9.17) is 5.73 Å². The van der Waals surface area contributed by atoms with Gasteiger partial charge in [0.05, 0.1) is 6.20 Å². The summed E-state index contributed by atoms with van der Waals surface area (Å²) in [7, 11) is 0. The third kappa shape index (κ3) is 2.76. The zero-order chi connectivity index (χ0) is 15.5. The van der Waals surface area contributed by atoms with Crippen LogP contribution in [-0.4, -0.2) is 15.7 Å². The molecule has 1 aliphatic rings. The Kier molecular flexibility index (Phi) is 4.24.